The highest BCUT2D eigenvalue weighted by atomic mass is 32.2. The average Bonchev–Trinajstić information content (AvgIpc) is 2.19. The summed E-state index contributed by atoms with van der Waals surface area (Å²) in [6, 6.07) is 0. The predicted octanol–water partition coefficient (Wildman–Crippen LogP) is 1.83. The molecule has 0 radical (unpaired) electrons. The number of aliphatic hydroxyl groups is 1. The minimum Gasteiger partial charge on any atom is -0.466 e. The van der Waals surface area contributed by atoms with Crippen LogP contribution >= 0.6 is 11.8 Å². The van der Waals surface area contributed by atoms with E-state index in [1.807, 2.05) is 18.7 Å². The standard InChI is InChI=1S/C11H20O3S/c1-3-9(10(12)14-4-2)11(13)5-7-15-8-6-11/h9,13H,3-8H2,1-2H3. The van der Waals surface area contributed by atoms with Gasteiger partial charge in [0.05, 0.1) is 18.1 Å². The maximum atomic E-state index is 11.7. The van der Waals surface area contributed by atoms with Crippen LogP contribution in [0.5, 0.6) is 0 Å². The smallest absolute Gasteiger partial charge is 0.311 e. The fraction of sp³-hybridized carbons (Fsp3) is 0.909. The molecular formula is C11H20O3S. The molecule has 1 atom stereocenters. The van der Waals surface area contributed by atoms with E-state index in [9.17, 15) is 9.90 Å². The summed E-state index contributed by atoms with van der Waals surface area (Å²) in [7, 11) is 0. The molecule has 0 amide bonds. The van der Waals surface area contributed by atoms with Crippen LogP contribution in [0.15, 0.2) is 0 Å². The molecular weight excluding hydrogens is 212 g/mol. The van der Waals surface area contributed by atoms with Crippen molar-refractivity contribution in [3.05, 3.63) is 0 Å². The number of thioether (sulfide) groups is 1. The van der Waals surface area contributed by atoms with Gasteiger partial charge < -0.3 is 9.84 Å². The topological polar surface area (TPSA) is 46.5 Å². The maximum Gasteiger partial charge on any atom is 0.311 e. The molecule has 1 N–H and O–H groups in total. The second-order valence-electron chi connectivity index (χ2n) is 3.93. The molecule has 0 aliphatic carbocycles. The van der Waals surface area contributed by atoms with Crippen LogP contribution in [0.1, 0.15) is 33.1 Å². The van der Waals surface area contributed by atoms with Gasteiger partial charge in [0.25, 0.3) is 0 Å². The minimum absolute atomic E-state index is 0.241. The zero-order chi connectivity index (χ0) is 11.3. The third-order valence-electron chi connectivity index (χ3n) is 2.99. The molecule has 0 aromatic rings. The van der Waals surface area contributed by atoms with Gasteiger partial charge >= 0.3 is 5.97 Å². The number of carbonyl (C=O) groups excluding carboxylic acids is 1. The molecule has 0 aromatic carbocycles. The van der Waals surface area contributed by atoms with Gasteiger partial charge in [0.1, 0.15) is 0 Å². The van der Waals surface area contributed by atoms with E-state index in [1.54, 1.807) is 6.92 Å². The Labute approximate surface area is 95.6 Å². The molecule has 0 saturated carbocycles. The summed E-state index contributed by atoms with van der Waals surface area (Å²) in [5.41, 5.74) is -0.827. The third-order valence-corrected chi connectivity index (χ3v) is 3.97. The lowest BCUT2D eigenvalue weighted by Crippen LogP contribution is -2.45. The zero-order valence-electron chi connectivity index (χ0n) is 9.49. The summed E-state index contributed by atoms with van der Waals surface area (Å²) in [5.74, 6) is 1.28. The number of ether oxygens (including phenoxy) is 1. The van der Waals surface area contributed by atoms with Gasteiger partial charge in [-0.25, -0.2) is 0 Å². The number of hydrogen-bond donors (Lipinski definition) is 1. The first kappa shape index (κ1) is 12.8. The molecule has 15 heavy (non-hydrogen) atoms. The van der Waals surface area contributed by atoms with E-state index in [1.165, 1.54) is 0 Å². The molecule has 1 aliphatic rings. The Morgan fingerprint density at radius 3 is 2.53 bits per heavy atom. The highest BCUT2D eigenvalue weighted by molar-refractivity contribution is 7.99. The number of esters is 1. The first-order chi connectivity index (χ1) is 7.14. The van der Waals surface area contributed by atoms with Crippen molar-refractivity contribution < 1.29 is 14.6 Å². The number of hydrogen-bond acceptors (Lipinski definition) is 4. The van der Waals surface area contributed by atoms with E-state index in [0.717, 1.165) is 11.5 Å². The van der Waals surface area contributed by atoms with E-state index in [4.69, 9.17) is 4.74 Å². The summed E-state index contributed by atoms with van der Waals surface area (Å²) < 4.78 is 5.01. The van der Waals surface area contributed by atoms with Gasteiger partial charge in [-0.2, -0.15) is 11.8 Å². The van der Waals surface area contributed by atoms with Gasteiger partial charge in [0.2, 0.25) is 0 Å². The van der Waals surface area contributed by atoms with Crippen LogP contribution in [0.3, 0.4) is 0 Å². The third kappa shape index (κ3) is 3.11. The molecule has 0 aromatic heterocycles. The quantitative estimate of drug-likeness (QED) is 0.751. The molecule has 1 rings (SSSR count). The van der Waals surface area contributed by atoms with Crippen LogP contribution < -0.4 is 0 Å². The van der Waals surface area contributed by atoms with Gasteiger partial charge in [0, 0.05) is 0 Å². The number of rotatable bonds is 4. The summed E-state index contributed by atoms with van der Waals surface area (Å²) in [4.78, 5) is 11.7. The van der Waals surface area contributed by atoms with Gasteiger partial charge in [-0.05, 0) is 37.7 Å². The van der Waals surface area contributed by atoms with Crippen LogP contribution in [-0.4, -0.2) is 34.8 Å². The monoisotopic (exact) mass is 232 g/mol. The van der Waals surface area contributed by atoms with Crippen molar-refractivity contribution >= 4 is 17.7 Å². The second kappa shape index (κ2) is 5.75. The predicted molar refractivity (Wildman–Crippen MR) is 61.9 cm³/mol. The van der Waals surface area contributed by atoms with Crippen molar-refractivity contribution in [2.75, 3.05) is 18.1 Å². The molecule has 3 nitrogen and oxygen atoms in total. The molecule has 1 saturated heterocycles. The maximum absolute atomic E-state index is 11.7. The molecule has 88 valence electrons. The van der Waals surface area contributed by atoms with E-state index in [0.29, 0.717) is 25.9 Å². The van der Waals surface area contributed by atoms with Gasteiger partial charge in [-0.1, -0.05) is 6.92 Å². The summed E-state index contributed by atoms with van der Waals surface area (Å²) in [6.07, 6.45) is 2.06. The number of carbonyl (C=O) groups is 1. The van der Waals surface area contributed by atoms with Crippen LogP contribution in [-0.2, 0) is 9.53 Å². The lowest BCUT2D eigenvalue weighted by atomic mass is 9.81. The van der Waals surface area contributed by atoms with Crippen molar-refractivity contribution in [2.45, 2.75) is 38.7 Å². The largest absolute Gasteiger partial charge is 0.466 e. The molecule has 1 heterocycles. The summed E-state index contributed by atoms with van der Waals surface area (Å²) in [5, 5.41) is 10.4. The molecule has 0 spiro atoms. The molecule has 1 fully saturated rings. The van der Waals surface area contributed by atoms with Crippen molar-refractivity contribution in [3.8, 4) is 0 Å². The van der Waals surface area contributed by atoms with Crippen LogP contribution in [0.2, 0.25) is 0 Å². The second-order valence-corrected chi connectivity index (χ2v) is 5.15. The highest BCUT2D eigenvalue weighted by Gasteiger charge is 2.41. The van der Waals surface area contributed by atoms with E-state index in [-0.39, 0.29) is 11.9 Å². The van der Waals surface area contributed by atoms with E-state index < -0.39 is 5.60 Å². The minimum atomic E-state index is -0.827. The zero-order valence-corrected chi connectivity index (χ0v) is 10.3. The van der Waals surface area contributed by atoms with Crippen molar-refractivity contribution in [1.29, 1.82) is 0 Å². The Balaban J connectivity index is 2.66. The fourth-order valence-electron chi connectivity index (χ4n) is 2.08. The Hall–Kier alpha value is -0.220. The van der Waals surface area contributed by atoms with Gasteiger partial charge in [-0.15, -0.1) is 0 Å². The Morgan fingerprint density at radius 2 is 2.07 bits per heavy atom. The van der Waals surface area contributed by atoms with Crippen LogP contribution in [0.4, 0.5) is 0 Å². The molecule has 4 heteroatoms. The van der Waals surface area contributed by atoms with Crippen molar-refractivity contribution in [1.82, 2.24) is 0 Å². The first-order valence-electron chi connectivity index (χ1n) is 5.60. The Morgan fingerprint density at radius 1 is 1.47 bits per heavy atom. The SMILES string of the molecule is CCOC(=O)C(CC)C1(O)CCSCC1. The fourth-order valence-corrected chi connectivity index (χ4v) is 3.28. The molecule has 1 aliphatic heterocycles. The highest BCUT2D eigenvalue weighted by Crippen LogP contribution is 2.35. The Kier molecular flexibility index (Phi) is 4.93. The first-order valence-corrected chi connectivity index (χ1v) is 6.76. The Bertz CT molecular complexity index is 212. The lowest BCUT2D eigenvalue weighted by Gasteiger charge is -2.37. The molecule has 1 unspecified atom stereocenters. The van der Waals surface area contributed by atoms with Gasteiger partial charge in [0.15, 0.2) is 0 Å². The summed E-state index contributed by atoms with van der Waals surface area (Å²) in [6.45, 7) is 4.12. The molecule has 0 bridgehead atoms. The van der Waals surface area contributed by atoms with Crippen LogP contribution in [0.25, 0.3) is 0 Å². The summed E-state index contributed by atoms with van der Waals surface area (Å²) >= 11 is 1.84. The normalized spacial score (nSPS) is 22.1. The van der Waals surface area contributed by atoms with Crippen molar-refractivity contribution in [3.63, 3.8) is 0 Å². The lowest BCUT2D eigenvalue weighted by molar-refractivity contribution is -0.159. The van der Waals surface area contributed by atoms with Crippen molar-refractivity contribution in [2.24, 2.45) is 5.92 Å². The van der Waals surface area contributed by atoms with E-state index >= 15 is 0 Å². The average molecular weight is 232 g/mol. The van der Waals surface area contributed by atoms with E-state index in [2.05, 4.69) is 0 Å². The van der Waals surface area contributed by atoms with Gasteiger partial charge in [-0.3, -0.25) is 4.79 Å². The van der Waals surface area contributed by atoms with Crippen LogP contribution in [0, 0.1) is 5.92 Å².